The van der Waals surface area contributed by atoms with Gasteiger partial charge in [-0.15, -0.1) is 0 Å². The normalized spacial score (nSPS) is 17.4. The van der Waals surface area contributed by atoms with Crippen LogP contribution in [0.2, 0.25) is 0 Å². The molecule has 8 rings (SSSR count). The van der Waals surface area contributed by atoms with Gasteiger partial charge < -0.3 is 19.1 Å². The number of nitro groups is 1. The molecule has 0 saturated heterocycles. The fourth-order valence-corrected chi connectivity index (χ4v) is 7.07. The number of rotatable bonds is 4. The molecule has 0 fully saturated rings. The number of benzene rings is 4. The van der Waals surface area contributed by atoms with Gasteiger partial charge in [0.05, 0.1) is 10.5 Å². The van der Waals surface area contributed by atoms with E-state index in [1.807, 2.05) is 52.0 Å². The van der Waals surface area contributed by atoms with Gasteiger partial charge in [-0.05, 0) is 73.2 Å². The molecule has 248 valence electrons. The fraction of sp³-hybridized carbons (Fsp3) is 0.316. The van der Waals surface area contributed by atoms with Crippen molar-refractivity contribution in [3.05, 3.63) is 122 Å². The van der Waals surface area contributed by atoms with Crippen molar-refractivity contribution < 1.29 is 28.7 Å². The molecule has 4 aliphatic rings. The molecule has 1 N–H and O–H groups in total. The third kappa shape index (κ3) is 5.40. The van der Waals surface area contributed by atoms with Crippen LogP contribution in [0.4, 0.5) is 21.9 Å². The van der Waals surface area contributed by atoms with Crippen molar-refractivity contribution in [3.8, 4) is 11.5 Å². The molecule has 10 nitrogen and oxygen atoms in total. The number of non-ortho nitro benzene ring substituents is 1. The lowest BCUT2D eigenvalue weighted by atomic mass is 9.75. The first-order chi connectivity index (χ1) is 23.4. The number of carbonyl (C=O) groups excluding carboxylic acids is 2. The summed E-state index contributed by atoms with van der Waals surface area (Å²) in [6.07, 6.45) is 3.20. The van der Waals surface area contributed by atoms with Gasteiger partial charge in [0.25, 0.3) is 5.69 Å². The summed E-state index contributed by atoms with van der Waals surface area (Å²) in [4.78, 5) is 38.9. The molecule has 10 heteroatoms. The summed E-state index contributed by atoms with van der Waals surface area (Å²) in [5.41, 5.74) is 6.29. The first-order valence-corrected chi connectivity index (χ1v) is 16.7. The average Bonchev–Trinajstić information content (AvgIpc) is 3.42. The maximum Gasteiger partial charge on any atom is 0.411 e. The molecule has 48 heavy (non-hydrogen) atoms. The molecule has 0 aliphatic carbocycles. The van der Waals surface area contributed by atoms with Gasteiger partial charge in [-0.3, -0.25) is 15.4 Å². The quantitative estimate of drug-likeness (QED) is 0.132. The van der Waals surface area contributed by atoms with Crippen LogP contribution >= 0.6 is 0 Å². The number of carbonyl (C=O) groups is 2. The van der Waals surface area contributed by atoms with Gasteiger partial charge in [0, 0.05) is 64.9 Å². The maximum atomic E-state index is 13.3. The van der Waals surface area contributed by atoms with Crippen molar-refractivity contribution in [2.24, 2.45) is 0 Å². The molecule has 1 amide bonds. The highest BCUT2D eigenvalue weighted by atomic mass is 16.6. The van der Waals surface area contributed by atoms with E-state index < -0.39 is 16.6 Å². The van der Waals surface area contributed by atoms with E-state index in [4.69, 9.17) is 14.2 Å². The number of esters is 1. The number of nitrogens with zero attached hydrogens (tertiary/aromatic N) is 2. The van der Waals surface area contributed by atoms with Gasteiger partial charge in [0.15, 0.2) is 5.60 Å². The first-order valence-electron chi connectivity index (χ1n) is 16.7. The van der Waals surface area contributed by atoms with Gasteiger partial charge in [-0.25, -0.2) is 9.59 Å². The van der Waals surface area contributed by atoms with E-state index in [1.165, 1.54) is 23.4 Å². The highest BCUT2D eigenvalue weighted by molar-refractivity contribution is 5.97. The topological polar surface area (TPSA) is 120 Å². The summed E-state index contributed by atoms with van der Waals surface area (Å²) in [5, 5.41) is 13.7. The lowest BCUT2D eigenvalue weighted by Gasteiger charge is -2.42. The second kappa shape index (κ2) is 13.4. The SMILES string of the molecule is CC.CC.O=C(Nc1ccc2c(c1)Oc1c(cc3c4c1CCCN4CCC3)C21OC(=O)c2ccccc21)OCc1ccc([N+](=O)[O-])cc1. The zero-order valence-corrected chi connectivity index (χ0v) is 27.6. The maximum absolute atomic E-state index is 13.3. The van der Waals surface area contributed by atoms with Crippen LogP contribution in [0.15, 0.2) is 72.8 Å². The Kier molecular flexibility index (Phi) is 9.08. The number of fused-ring (bicyclic) bond motifs is 7. The van der Waals surface area contributed by atoms with E-state index in [9.17, 15) is 19.7 Å². The van der Waals surface area contributed by atoms with Crippen molar-refractivity contribution in [1.29, 1.82) is 0 Å². The standard InChI is InChI=1S/C34H27N3O7.2C2H6/c38-32-24-6-1-2-8-26(24)34(44-32)27-14-11-22(35-33(39)42-19-20-9-12-23(13-10-20)37(40)41)18-29(27)43-31-25-7-4-16-36-15-3-5-21(30(25)36)17-28(31)34;2*1-2/h1-2,6,8-14,17-18H,3-5,7,15-16,19H2,(H,35,39);2*1-2H3. The molecule has 1 spiro atoms. The Morgan fingerprint density at radius 3 is 2.42 bits per heavy atom. The summed E-state index contributed by atoms with van der Waals surface area (Å²) >= 11 is 0. The number of hydrogen-bond acceptors (Lipinski definition) is 8. The smallest absolute Gasteiger partial charge is 0.411 e. The van der Waals surface area contributed by atoms with E-state index in [2.05, 4.69) is 16.3 Å². The zero-order valence-electron chi connectivity index (χ0n) is 27.6. The van der Waals surface area contributed by atoms with Crippen molar-refractivity contribution >= 4 is 29.1 Å². The molecule has 0 aromatic heterocycles. The van der Waals surface area contributed by atoms with Crippen molar-refractivity contribution in [2.75, 3.05) is 23.3 Å². The van der Waals surface area contributed by atoms with Crippen LogP contribution in [0, 0.1) is 10.1 Å². The van der Waals surface area contributed by atoms with Gasteiger partial charge in [-0.2, -0.15) is 0 Å². The summed E-state index contributed by atoms with van der Waals surface area (Å²) < 4.78 is 18.5. The molecule has 1 unspecified atom stereocenters. The van der Waals surface area contributed by atoms with Crippen molar-refractivity contribution in [3.63, 3.8) is 0 Å². The molecule has 4 aromatic carbocycles. The lowest BCUT2D eigenvalue weighted by molar-refractivity contribution is -0.384. The van der Waals surface area contributed by atoms with Crippen LogP contribution in [0.5, 0.6) is 11.5 Å². The molecule has 0 bridgehead atoms. The Morgan fingerprint density at radius 2 is 1.67 bits per heavy atom. The third-order valence-corrected chi connectivity index (χ3v) is 8.96. The Balaban J connectivity index is 0.000000969. The van der Waals surface area contributed by atoms with Crippen LogP contribution < -0.4 is 15.0 Å². The summed E-state index contributed by atoms with van der Waals surface area (Å²) in [6, 6.07) is 20.8. The average molecular weight is 650 g/mol. The van der Waals surface area contributed by atoms with Gasteiger partial charge in [-0.1, -0.05) is 45.9 Å². The second-order valence-electron chi connectivity index (χ2n) is 11.5. The number of ether oxygens (including phenoxy) is 3. The predicted octanol–water partition coefficient (Wildman–Crippen LogP) is 8.66. The minimum absolute atomic E-state index is 0.0375. The molecule has 4 heterocycles. The molecule has 1 atom stereocenters. The fourth-order valence-electron chi connectivity index (χ4n) is 7.07. The lowest BCUT2D eigenvalue weighted by Crippen LogP contribution is -2.38. The van der Waals surface area contributed by atoms with Gasteiger partial charge >= 0.3 is 12.1 Å². The number of hydrogen-bond donors (Lipinski definition) is 1. The van der Waals surface area contributed by atoms with E-state index in [0.29, 0.717) is 33.9 Å². The van der Waals surface area contributed by atoms with Crippen LogP contribution in [-0.2, 0) is 34.5 Å². The van der Waals surface area contributed by atoms with Gasteiger partial charge in [0.2, 0.25) is 0 Å². The molecular weight excluding hydrogens is 610 g/mol. The summed E-state index contributed by atoms with van der Waals surface area (Å²) in [5.74, 6) is 0.814. The van der Waals surface area contributed by atoms with Gasteiger partial charge in [0.1, 0.15) is 18.1 Å². The minimum atomic E-state index is -1.18. The molecule has 0 saturated carbocycles. The number of aryl methyl sites for hydroxylation is 1. The van der Waals surface area contributed by atoms with Crippen LogP contribution in [0.1, 0.15) is 84.3 Å². The number of nitrogens with one attached hydrogen (secondary N) is 1. The molecule has 0 radical (unpaired) electrons. The molecular formula is C38H39N3O7. The third-order valence-electron chi connectivity index (χ3n) is 8.96. The monoisotopic (exact) mass is 649 g/mol. The number of amides is 1. The molecule has 4 aromatic rings. The highest BCUT2D eigenvalue weighted by Crippen LogP contribution is 2.59. The Bertz CT molecular complexity index is 1890. The number of anilines is 2. The summed E-state index contributed by atoms with van der Waals surface area (Å²) in [7, 11) is 0. The molecule has 4 aliphatic heterocycles. The Labute approximate surface area is 279 Å². The Hall–Kier alpha value is -5.38. The van der Waals surface area contributed by atoms with E-state index in [0.717, 1.165) is 55.5 Å². The van der Waals surface area contributed by atoms with Crippen LogP contribution in [-0.4, -0.2) is 30.1 Å². The highest BCUT2D eigenvalue weighted by Gasteiger charge is 2.54. The van der Waals surface area contributed by atoms with E-state index in [1.54, 1.807) is 30.3 Å². The van der Waals surface area contributed by atoms with E-state index in [-0.39, 0.29) is 18.3 Å². The largest absolute Gasteiger partial charge is 0.456 e. The van der Waals surface area contributed by atoms with Crippen molar-refractivity contribution in [2.45, 2.75) is 65.6 Å². The summed E-state index contributed by atoms with van der Waals surface area (Å²) in [6.45, 7) is 9.96. The van der Waals surface area contributed by atoms with E-state index >= 15 is 0 Å². The van der Waals surface area contributed by atoms with Crippen LogP contribution in [0.3, 0.4) is 0 Å². The first kappa shape index (κ1) is 32.6. The van der Waals surface area contributed by atoms with Crippen LogP contribution in [0.25, 0.3) is 0 Å². The number of nitro benzene ring substituents is 1. The predicted molar refractivity (Wildman–Crippen MR) is 183 cm³/mol. The second-order valence-corrected chi connectivity index (χ2v) is 11.5. The van der Waals surface area contributed by atoms with Crippen molar-refractivity contribution in [1.82, 2.24) is 0 Å². The zero-order chi connectivity index (χ0) is 34.0. The minimum Gasteiger partial charge on any atom is -0.456 e. The Morgan fingerprint density at radius 1 is 0.938 bits per heavy atom.